The lowest BCUT2D eigenvalue weighted by atomic mass is 10.1. The fraction of sp³-hybridized carbons (Fsp3) is 0.292. The Hall–Kier alpha value is -4.17. The van der Waals surface area contributed by atoms with Crippen molar-refractivity contribution < 1.29 is 32.2 Å². The lowest BCUT2D eigenvalue weighted by Crippen LogP contribution is -2.43. The summed E-state index contributed by atoms with van der Waals surface area (Å²) in [6.07, 6.45) is -3.09. The van der Waals surface area contributed by atoms with E-state index in [0.717, 1.165) is 18.4 Å². The van der Waals surface area contributed by atoms with Crippen molar-refractivity contribution in [1.29, 1.82) is 0 Å². The summed E-state index contributed by atoms with van der Waals surface area (Å²) in [5.74, 6) is -1.17. The van der Waals surface area contributed by atoms with Gasteiger partial charge in [0.1, 0.15) is 6.61 Å². The molecule has 0 saturated heterocycles. The van der Waals surface area contributed by atoms with E-state index in [-0.39, 0.29) is 24.1 Å². The van der Waals surface area contributed by atoms with Crippen LogP contribution in [0.25, 0.3) is 0 Å². The van der Waals surface area contributed by atoms with Crippen molar-refractivity contribution in [3.63, 3.8) is 0 Å². The van der Waals surface area contributed by atoms with E-state index < -0.39 is 36.1 Å². The minimum absolute atomic E-state index is 0.0138. The molecule has 2 amide bonds. The molecule has 39 heavy (non-hydrogen) atoms. The number of alkyl halides is 3. The van der Waals surface area contributed by atoms with Crippen molar-refractivity contribution >= 4 is 41.0 Å². The number of hydrogen-bond acceptors (Lipinski definition) is 9. The molecule has 1 saturated carbocycles. The van der Waals surface area contributed by atoms with E-state index in [2.05, 4.69) is 41.2 Å². The molecule has 0 bridgehead atoms. The van der Waals surface area contributed by atoms with Crippen LogP contribution in [0.2, 0.25) is 5.02 Å². The molecule has 0 atom stereocenters. The second kappa shape index (κ2) is 11.7. The molecule has 1 aliphatic rings. The smallest absolute Gasteiger partial charge is 0.422 e. The first-order valence-corrected chi connectivity index (χ1v) is 11.9. The van der Waals surface area contributed by atoms with Crippen LogP contribution in [0.15, 0.2) is 48.5 Å². The lowest BCUT2D eigenvalue weighted by Gasteiger charge is -2.19. The summed E-state index contributed by atoms with van der Waals surface area (Å²) < 4.78 is 47.7. The number of hydrogen-bond donors (Lipinski definition) is 4. The number of carbonyl (C=O) groups excluding carboxylic acids is 2. The van der Waals surface area contributed by atoms with Gasteiger partial charge >= 0.3 is 12.2 Å². The number of nitrogens with one attached hydrogen (secondary N) is 4. The first kappa shape index (κ1) is 27.9. The maximum Gasteiger partial charge on any atom is 0.422 e. The molecule has 1 aromatic heterocycles. The molecule has 2 aromatic carbocycles. The number of anilines is 3. The van der Waals surface area contributed by atoms with Crippen molar-refractivity contribution in [1.82, 2.24) is 25.8 Å². The predicted octanol–water partition coefficient (Wildman–Crippen LogP) is 3.72. The summed E-state index contributed by atoms with van der Waals surface area (Å²) >= 11 is 5.99. The second-order valence-corrected chi connectivity index (χ2v) is 8.96. The van der Waals surface area contributed by atoms with Crippen LogP contribution in [-0.2, 0) is 15.1 Å². The third-order valence-electron chi connectivity index (χ3n) is 5.47. The predicted molar refractivity (Wildman–Crippen MR) is 135 cm³/mol. The summed E-state index contributed by atoms with van der Waals surface area (Å²) in [5, 5.41) is 6.62. The van der Waals surface area contributed by atoms with Gasteiger partial charge in [-0.25, -0.2) is 0 Å². The molecule has 15 heteroatoms. The molecule has 1 fully saturated rings. The zero-order chi connectivity index (χ0) is 28.0. The van der Waals surface area contributed by atoms with E-state index in [4.69, 9.17) is 16.3 Å². The van der Waals surface area contributed by atoms with Crippen LogP contribution >= 0.6 is 11.6 Å². The zero-order valence-electron chi connectivity index (χ0n) is 20.4. The number of methoxy groups -OCH3 is 1. The fourth-order valence-corrected chi connectivity index (χ4v) is 3.60. The normalized spacial score (nSPS) is 13.8. The Labute approximate surface area is 225 Å². The van der Waals surface area contributed by atoms with Gasteiger partial charge in [-0.1, -0.05) is 23.7 Å². The number of nitrogens with zero attached hydrogens (tertiary/aromatic N) is 3. The van der Waals surface area contributed by atoms with E-state index in [0.29, 0.717) is 10.7 Å². The molecule has 11 nitrogen and oxygen atoms in total. The highest BCUT2D eigenvalue weighted by atomic mass is 35.5. The highest BCUT2D eigenvalue weighted by molar-refractivity contribution is 6.30. The largest absolute Gasteiger partial charge is 0.454 e. The number of benzene rings is 2. The molecule has 0 radical (unpaired) electrons. The fourth-order valence-electron chi connectivity index (χ4n) is 3.47. The Balaban J connectivity index is 1.50. The van der Waals surface area contributed by atoms with E-state index in [9.17, 15) is 22.8 Å². The standard InChI is InChI=1S/C24H23ClF3N7O4/c1-38-12-18(36)34-35-19(37)14-2-8-17(9-3-14)29-20-30-21(32-22(31-20)39-13-24(26,27)28)33-23(10-11-23)15-4-6-16(25)7-5-15/h2-9H,10-13H2,1H3,(H,34,36)(H,35,37)(H2,29,30,31,32,33). The van der Waals surface area contributed by atoms with Crippen LogP contribution in [0.1, 0.15) is 28.8 Å². The topological polar surface area (TPSA) is 139 Å². The SMILES string of the molecule is COCC(=O)NNC(=O)c1ccc(Nc2nc(NC3(c4ccc(Cl)cc4)CC3)nc(OCC(F)(F)F)n2)cc1. The molecule has 206 valence electrons. The summed E-state index contributed by atoms with van der Waals surface area (Å²) in [4.78, 5) is 35.9. The Bertz CT molecular complexity index is 1320. The van der Waals surface area contributed by atoms with Gasteiger partial charge in [0, 0.05) is 23.4 Å². The minimum Gasteiger partial charge on any atom is -0.454 e. The lowest BCUT2D eigenvalue weighted by molar-refractivity contribution is -0.154. The van der Waals surface area contributed by atoms with Crippen LogP contribution in [-0.4, -0.2) is 53.3 Å². The van der Waals surface area contributed by atoms with Gasteiger partial charge in [-0.05, 0) is 54.8 Å². The molecule has 0 spiro atoms. The molecular formula is C24H23ClF3N7O4. The molecule has 0 aliphatic heterocycles. The van der Waals surface area contributed by atoms with Crippen LogP contribution in [0.5, 0.6) is 6.01 Å². The summed E-state index contributed by atoms with van der Waals surface area (Å²) in [6.45, 7) is -1.80. The average molecular weight is 566 g/mol. The number of rotatable bonds is 10. The van der Waals surface area contributed by atoms with Gasteiger partial charge in [0.15, 0.2) is 6.61 Å². The van der Waals surface area contributed by atoms with Crippen molar-refractivity contribution in [3.8, 4) is 6.01 Å². The second-order valence-electron chi connectivity index (χ2n) is 8.52. The number of ether oxygens (including phenoxy) is 2. The van der Waals surface area contributed by atoms with E-state index in [1.54, 1.807) is 12.1 Å². The van der Waals surface area contributed by atoms with Gasteiger partial charge in [-0.2, -0.15) is 28.1 Å². The average Bonchev–Trinajstić information content (AvgIpc) is 3.67. The zero-order valence-corrected chi connectivity index (χ0v) is 21.2. The van der Waals surface area contributed by atoms with E-state index in [1.807, 2.05) is 12.1 Å². The number of amides is 2. The number of halogens is 4. The quantitative estimate of drug-likeness (QED) is 0.271. The van der Waals surface area contributed by atoms with Gasteiger partial charge in [0.05, 0.1) is 5.54 Å². The first-order chi connectivity index (χ1) is 18.5. The third-order valence-corrected chi connectivity index (χ3v) is 5.72. The highest BCUT2D eigenvalue weighted by Gasteiger charge is 2.45. The minimum atomic E-state index is -4.59. The van der Waals surface area contributed by atoms with Gasteiger partial charge < -0.3 is 20.1 Å². The first-order valence-electron chi connectivity index (χ1n) is 11.5. The maximum absolute atomic E-state index is 12.8. The number of aromatic nitrogens is 3. The summed E-state index contributed by atoms with van der Waals surface area (Å²) in [6, 6.07) is 12.6. The summed E-state index contributed by atoms with van der Waals surface area (Å²) in [5.41, 5.74) is 5.51. The van der Waals surface area contributed by atoms with E-state index in [1.165, 1.54) is 31.4 Å². The number of carbonyl (C=O) groups is 2. The molecule has 0 unspecified atom stereocenters. The van der Waals surface area contributed by atoms with Gasteiger partial charge in [0.2, 0.25) is 11.9 Å². The van der Waals surface area contributed by atoms with Crippen LogP contribution < -0.4 is 26.2 Å². The molecule has 1 aliphatic carbocycles. The Morgan fingerprint density at radius 3 is 2.26 bits per heavy atom. The molecule has 4 N–H and O–H groups in total. The van der Waals surface area contributed by atoms with Crippen LogP contribution in [0.3, 0.4) is 0 Å². The molecule has 1 heterocycles. The Kier molecular flexibility index (Phi) is 8.35. The maximum atomic E-state index is 12.8. The van der Waals surface area contributed by atoms with Crippen molar-refractivity contribution in [2.45, 2.75) is 24.6 Å². The molecular weight excluding hydrogens is 543 g/mol. The van der Waals surface area contributed by atoms with Gasteiger partial charge in [0.25, 0.3) is 11.8 Å². The van der Waals surface area contributed by atoms with Crippen molar-refractivity contribution in [3.05, 3.63) is 64.7 Å². The number of hydrazine groups is 1. The highest BCUT2D eigenvalue weighted by Crippen LogP contribution is 2.48. The molecule has 3 aromatic rings. The Morgan fingerprint density at radius 1 is 0.974 bits per heavy atom. The van der Waals surface area contributed by atoms with Crippen LogP contribution in [0.4, 0.5) is 30.8 Å². The van der Waals surface area contributed by atoms with Gasteiger partial charge in [-0.15, -0.1) is 0 Å². The summed E-state index contributed by atoms with van der Waals surface area (Å²) in [7, 11) is 1.34. The monoisotopic (exact) mass is 565 g/mol. The Morgan fingerprint density at radius 2 is 1.64 bits per heavy atom. The van der Waals surface area contributed by atoms with Crippen LogP contribution in [0, 0.1) is 0 Å². The molecule has 4 rings (SSSR count). The van der Waals surface area contributed by atoms with Crippen molar-refractivity contribution in [2.24, 2.45) is 0 Å². The van der Waals surface area contributed by atoms with E-state index >= 15 is 0 Å². The van der Waals surface area contributed by atoms with Crippen molar-refractivity contribution in [2.75, 3.05) is 31.0 Å². The third kappa shape index (κ3) is 7.91. The van der Waals surface area contributed by atoms with Gasteiger partial charge in [-0.3, -0.25) is 20.4 Å².